The molecule has 4 amide bonds. The van der Waals surface area contributed by atoms with Gasteiger partial charge < -0.3 is 14.5 Å². The van der Waals surface area contributed by atoms with E-state index in [1.165, 1.54) is 21.9 Å². The standard InChI is InChI=1S/C32H40N6O9S/c1-32(2,3)47-31(42)36-18-11-16-27(36)29(40)37(48(45,46)28-17-9-8-15-26(28)38(43)44)19-10-14-25(39)21-35-23-34(22-33(4)30(35)41)20-24-12-6-5-7-13-24/h5-10,12-15,17,27H,11,16,18-23H2,1-4H3/b14-10+/t27-/m0/s1. The number of urea groups is 1. The number of amides is 4. The lowest BCUT2D eigenvalue weighted by molar-refractivity contribution is -0.387. The first-order valence-electron chi connectivity index (χ1n) is 15.3. The highest BCUT2D eigenvalue weighted by Crippen LogP contribution is 2.29. The van der Waals surface area contributed by atoms with Gasteiger partial charge in [0.2, 0.25) is 0 Å². The molecule has 2 aromatic rings. The summed E-state index contributed by atoms with van der Waals surface area (Å²) < 4.78 is 33.7. The van der Waals surface area contributed by atoms with E-state index in [-0.39, 0.29) is 32.2 Å². The third kappa shape index (κ3) is 8.74. The minimum Gasteiger partial charge on any atom is -0.444 e. The maximum Gasteiger partial charge on any atom is 0.410 e. The number of rotatable bonds is 11. The number of para-hydroxylation sites is 1. The van der Waals surface area contributed by atoms with Crippen LogP contribution in [0.2, 0.25) is 0 Å². The van der Waals surface area contributed by atoms with E-state index in [4.69, 9.17) is 4.74 Å². The second kappa shape index (κ2) is 14.9. The van der Waals surface area contributed by atoms with Crippen LogP contribution in [-0.2, 0) is 30.9 Å². The molecule has 2 aromatic carbocycles. The zero-order chi connectivity index (χ0) is 35.2. The Hall–Kier alpha value is -4.83. The van der Waals surface area contributed by atoms with Gasteiger partial charge in [0, 0.05) is 26.2 Å². The van der Waals surface area contributed by atoms with E-state index < -0.39 is 61.5 Å². The van der Waals surface area contributed by atoms with Crippen LogP contribution in [0.5, 0.6) is 0 Å². The highest BCUT2D eigenvalue weighted by atomic mass is 32.2. The summed E-state index contributed by atoms with van der Waals surface area (Å²) in [4.78, 5) is 68.8. The van der Waals surface area contributed by atoms with Crippen molar-refractivity contribution in [3.05, 3.63) is 82.4 Å². The highest BCUT2D eigenvalue weighted by Gasteiger charge is 2.43. The lowest BCUT2D eigenvalue weighted by Gasteiger charge is -2.40. The topological polar surface area (TPSA) is 171 Å². The van der Waals surface area contributed by atoms with Gasteiger partial charge in [0.1, 0.15) is 11.6 Å². The average Bonchev–Trinajstić information content (AvgIpc) is 3.52. The monoisotopic (exact) mass is 684 g/mol. The van der Waals surface area contributed by atoms with Crippen molar-refractivity contribution in [1.82, 2.24) is 23.9 Å². The molecule has 1 atom stereocenters. The largest absolute Gasteiger partial charge is 0.444 e. The van der Waals surface area contributed by atoms with Gasteiger partial charge in [-0.1, -0.05) is 48.5 Å². The maximum atomic E-state index is 13.9. The zero-order valence-electron chi connectivity index (χ0n) is 27.4. The third-order valence-corrected chi connectivity index (χ3v) is 9.40. The molecule has 0 aliphatic carbocycles. The van der Waals surface area contributed by atoms with Crippen LogP contribution < -0.4 is 0 Å². The molecule has 48 heavy (non-hydrogen) atoms. The van der Waals surface area contributed by atoms with E-state index in [1.54, 1.807) is 27.8 Å². The predicted molar refractivity (Wildman–Crippen MR) is 174 cm³/mol. The fourth-order valence-electron chi connectivity index (χ4n) is 5.51. The summed E-state index contributed by atoms with van der Waals surface area (Å²) >= 11 is 0. The van der Waals surface area contributed by atoms with Gasteiger partial charge in [0.25, 0.3) is 21.6 Å². The van der Waals surface area contributed by atoms with E-state index in [2.05, 4.69) is 0 Å². The minimum atomic E-state index is -4.85. The van der Waals surface area contributed by atoms with Crippen molar-refractivity contribution < 1.29 is 37.3 Å². The molecule has 2 aliphatic heterocycles. The normalized spacial score (nSPS) is 17.5. The third-order valence-electron chi connectivity index (χ3n) is 7.59. The van der Waals surface area contributed by atoms with Crippen LogP contribution in [0, 0.1) is 10.1 Å². The van der Waals surface area contributed by atoms with Gasteiger partial charge in [-0.25, -0.2) is 22.3 Å². The molecule has 15 nitrogen and oxygen atoms in total. The summed E-state index contributed by atoms with van der Waals surface area (Å²) in [5, 5.41) is 11.7. The molecule has 0 spiro atoms. The average molecular weight is 685 g/mol. The summed E-state index contributed by atoms with van der Waals surface area (Å²) in [5.74, 6) is -1.54. The molecule has 4 rings (SSSR count). The summed E-state index contributed by atoms with van der Waals surface area (Å²) in [6.07, 6.45) is 1.94. The Morgan fingerprint density at radius 1 is 1.06 bits per heavy atom. The molecule has 0 radical (unpaired) electrons. The van der Waals surface area contributed by atoms with Crippen LogP contribution in [0.3, 0.4) is 0 Å². The molecular formula is C32H40N6O9S. The van der Waals surface area contributed by atoms with Crippen LogP contribution in [0.4, 0.5) is 15.3 Å². The number of nitro benzene ring substituents is 1. The van der Waals surface area contributed by atoms with E-state index in [1.807, 2.05) is 35.2 Å². The molecule has 0 unspecified atom stereocenters. The van der Waals surface area contributed by atoms with Crippen LogP contribution in [0.25, 0.3) is 0 Å². The fraction of sp³-hybridized carbons (Fsp3) is 0.438. The number of nitrogens with zero attached hydrogens (tertiary/aromatic N) is 6. The van der Waals surface area contributed by atoms with Gasteiger partial charge in [0.05, 0.1) is 31.4 Å². The summed E-state index contributed by atoms with van der Waals surface area (Å²) in [6, 6.07) is 12.7. The van der Waals surface area contributed by atoms with Gasteiger partial charge in [-0.3, -0.25) is 29.5 Å². The number of hydrogen-bond donors (Lipinski definition) is 0. The van der Waals surface area contributed by atoms with Crippen molar-refractivity contribution in [2.45, 2.75) is 56.7 Å². The molecule has 16 heteroatoms. The van der Waals surface area contributed by atoms with Crippen molar-refractivity contribution in [2.24, 2.45) is 0 Å². The second-order valence-corrected chi connectivity index (χ2v) is 14.4. The van der Waals surface area contributed by atoms with Gasteiger partial charge in [-0.15, -0.1) is 0 Å². The predicted octanol–water partition coefficient (Wildman–Crippen LogP) is 3.42. The number of ketones is 1. The van der Waals surface area contributed by atoms with Gasteiger partial charge in [-0.2, -0.15) is 0 Å². The van der Waals surface area contributed by atoms with Crippen LogP contribution in [-0.4, -0.2) is 113 Å². The Bertz CT molecular complexity index is 1680. The van der Waals surface area contributed by atoms with Crippen LogP contribution in [0.15, 0.2) is 71.6 Å². The summed E-state index contributed by atoms with van der Waals surface area (Å²) in [6.45, 7) is 5.20. The van der Waals surface area contributed by atoms with Gasteiger partial charge in [-0.05, 0) is 51.3 Å². The first-order chi connectivity index (χ1) is 22.6. The van der Waals surface area contributed by atoms with Crippen molar-refractivity contribution >= 4 is 39.5 Å². The van der Waals surface area contributed by atoms with Crippen LogP contribution in [0.1, 0.15) is 39.2 Å². The maximum absolute atomic E-state index is 13.9. The lowest BCUT2D eigenvalue weighted by Crippen LogP contribution is -2.57. The van der Waals surface area contributed by atoms with Crippen molar-refractivity contribution in [1.29, 1.82) is 0 Å². The first-order valence-corrected chi connectivity index (χ1v) is 16.8. The number of hydrogen-bond acceptors (Lipinski definition) is 10. The summed E-state index contributed by atoms with van der Waals surface area (Å²) in [7, 11) is -3.23. The Morgan fingerprint density at radius 2 is 1.73 bits per heavy atom. The molecule has 0 saturated carbocycles. The first kappa shape index (κ1) is 36.0. The zero-order valence-corrected chi connectivity index (χ0v) is 28.2. The molecule has 0 aromatic heterocycles. The van der Waals surface area contributed by atoms with Gasteiger partial charge >= 0.3 is 12.1 Å². The van der Waals surface area contributed by atoms with Crippen molar-refractivity contribution in [2.75, 3.05) is 40.0 Å². The minimum absolute atomic E-state index is 0.133. The molecule has 0 bridgehead atoms. The van der Waals surface area contributed by atoms with Gasteiger partial charge in [0.15, 0.2) is 10.7 Å². The van der Waals surface area contributed by atoms with E-state index in [0.29, 0.717) is 23.9 Å². The second-order valence-electron chi connectivity index (χ2n) is 12.6. The lowest BCUT2D eigenvalue weighted by atomic mass is 10.2. The summed E-state index contributed by atoms with van der Waals surface area (Å²) in [5.41, 5.74) is -0.585. The number of carbonyl (C=O) groups excluding carboxylic acids is 4. The number of benzene rings is 2. The number of carbonyl (C=O) groups is 4. The SMILES string of the molecule is CN1CN(Cc2ccccc2)CN(CC(=O)/C=C/CN(C(=O)[C@@H]2CCCN2C(=O)OC(C)(C)C)S(=O)(=O)c2ccccc2[N+](=O)[O-])C1=O. The highest BCUT2D eigenvalue weighted by molar-refractivity contribution is 7.89. The van der Waals surface area contributed by atoms with E-state index >= 15 is 0 Å². The van der Waals surface area contributed by atoms with Crippen molar-refractivity contribution in [3.8, 4) is 0 Å². The Kier molecular flexibility index (Phi) is 11.2. The Balaban J connectivity index is 1.55. The molecular weight excluding hydrogens is 644 g/mol. The molecule has 258 valence electrons. The molecule has 2 fully saturated rings. The van der Waals surface area contributed by atoms with Crippen molar-refractivity contribution in [3.63, 3.8) is 0 Å². The van der Waals surface area contributed by atoms with E-state index in [0.717, 1.165) is 34.7 Å². The Labute approximate surface area is 279 Å². The number of likely N-dealkylation sites (tertiary alicyclic amines) is 1. The van der Waals surface area contributed by atoms with Crippen LogP contribution >= 0.6 is 0 Å². The smallest absolute Gasteiger partial charge is 0.410 e. The Morgan fingerprint density at radius 3 is 2.40 bits per heavy atom. The number of nitro groups is 1. The molecule has 2 saturated heterocycles. The molecule has 2 heterocycles. The number of sulfonamides is 1. The number of ether oxygens (including phenoxy) is 1. The molecule has 0 N–H and O–H groups in total. The molecule has 2 aliphatic rings. The van der Waals surface area contributed by atoms with E-state index in [9.17, 15) is 37.7 Å². The fourth-order valence-corrected chi connectivity index (χ4v) is 7.04. The quantitative estimate of drug-likeness (QED) is 0.194.